The third kappa shape index (κ3) is 0.650. The molecule has 3 nitrogen and oxygen atoms in total. The predicted octanol–water partition coefficient (Wildman–Crippen LogP) is 0.622. The average molecular weight is 124 g/mol. The van der Waals surface area contributed by atoms with Gasteiger partial charge in [-0.3, -0.25) is 0 Å². The Morgan fingerprint density at radius 2 is 2.44 bits per heavy atom. The van der Waals surface area contributed by atoms with Gasteiger partial charge in [0, 0.05) is 0 Å². The predicted molar refractivity (Wildman–Crippen MR) is 31.6 cm³/mol. The third-order valence-electron chi connectivity index (χ3n) is 1.71. The molecule has 0 radical (unpaired) electrons. The van der Waals surface area contributed by atoms with Crippen LogP contribution in [0.5, 0.6) is 0 Å². The average Bonchev–Trinajstić information content (AvgIpc) is 2.46. The summed E-state index contributed by atoms with van der Waals surface area (Å²) in [6.45, 7) is 0. The second kappa shape index (κ2) is 1.36. The molecule has 0 unspecified atom stereocenters. The van der Waals surface area contributed by atoms with E-state index < -0.39 is 0 Å². The molecule has 48 valence electrons. The lowest BCUT2D eigenvalue weighted by atomic mass is 10.2. The fourth-order valence-corrected chi connectivity index (χ4v) is 0.843. The van der Waals surface area contributed by atoms with Crippen molar-refractivity contribution in [1.29, 1.82) is 0 Å². The second-order valence-corrected chi connectivity index (χ2v) is 2.52. The quantitative estimate of drug-likeness (QED) is 0.597. The van der Waals surface area contributed by atoms with Crippen LogP contribution in [-0.2, 0) is 5.54 Å². The van der Waals surface area contributed by atoms with E-state index in [1.165, 1.54) is 6.39 Å². The lowest BCUT2D eigenvalue weighted by Crippen LogP contribution is -2.17. The van der Waals surface area contributed by atoms with E-state index in [-0.39, 0.29) is 5.54 Å². The van der Waals surface area contributed by atoms with Crippen LogP contribution in [0.4, 0.5) is 0 Å². The summed E-state index contributed by atoms with van der Waals surface area (Å²) in [6.07, 6.45) is 5.17. The lowest BCUT2D eigenvalue weighted by Gasteiger charge is -1.99. The van der Waals surface area contributed by atoms with Crippen LogP contribution in [-0.4, -0.2) is 4.98 Å². The third-order valence-corrected chi connectivity index (χ3v) is 1.71. The van der Waals surface area contributed by atoms with Crippen molar-refractivity contribution in [3.8, 4) is 0 Å². The minimum atomic E-state index is -0.156. The van der Waals surface area contributed by atoms with Crippen LogP contribution in [0.1, 0.15) is 18.6 Å². The summed E-state index contributed by atoms with van der Waals surface area (Å²) in [4.78, 5) is 3.78. The summed E-state index contributed by atoms with van der Waals surface area (Å²) in [5, 5.41) is 0. The van der Waals surface area contributed by atoms with E-state index >= 15 is 0 Å². The topological polar surface area (TPSA) is 52.0 Å². The molecule has 0 aromatic carbocycles. The Bertz CT molecular complexity index is 201. The molecule has 1 aromatic rings. The number of oxazole rings is 1. The maximum atomic E-state index is 5.78. The van der Waals surface area contributed by atoms with Gasteiger partial charge < -0.3 is 10.2 Å². The van der Waals surface area contributed by atoms with Crippen LogP contribution in [0.2, 0.25) is 0 Å². The van der Waals surface area contributed by atoms with Crippen molar-refractivity contribution in [2.24, 2.45) is 5.73 Å². The highest BCUT2D eigenvalue weighted by Gasteiger charge is 2.43. The van der Waals surface area contributed by atoms with Gasteiger partial charge in [0.2, 0.25) is 0 Å². The Morgan fingerprint density at radius 1 is 1.67 bits per heavy atom. The largest absolute Gasteiger partial charge is 0.447 e. The number of hydrogen-bond donors (Lipinski definition) is 1. The molecule has 1 aromatic heterocycles. The van der Waals surface area contributed by atoms with E-state index in [1.54, 1.807) is 6.20 Å². The SMILES string of the molecule is NC1(c2cnco2)CC1. The van der Waals surface area contributed by atoms with Gasteiger partial charge in [-0.1, -0.05) is 0 Å². The zero-order chi connectivity index (χ0) is 6.32. The molecule has 9 heavy (non-hydrogen) atoms. The number of hydrogen-bond acceptors (Lipinski definition) is 3. The molecule has 0 amide bonds. The monoisotopic (exact) mass is 124 g/mol. The first-order chi connectivity index (χ1) is 4.31. The van der Waals surface area contributed by atoms with Gasteiger partial charge in [0.1, 0.15) is 5.76 Å². The van der Waals surface area contributed by atoms with Crippen LogP contribution in [0.15, 0.2) is 17.0 Å². The highest BCUT2D eigenvalue weighted by molar-refractivity contribution is 5.15. The van der Waals surface area contributed by atoms with Crippen molar-refractivity contribution in [2.75, 3.05) is 0 Å². The van der Waals surface area contributed by atoms with Crippen molar-refractivity contribution in [1.82, 2.24) is 4.98 Å². The van der Waals surface area contributed by atoms with E-state index in [1.807, 2.05) is 0 Å². The summed E-state index contributed by atoms with van der Waals surface area (Å²) < 4.78 is 5.02. The molecular weight excluding hydrogens is 116 g/mol. The van der Waals surface area contributed by atoms with Gasteiger partial charge in [-0.2, -0.15) is 0 Å². The lowest BCUT2D eigenvalue weighted by molar-refractivity contribution is 0.454. The smallest absolute Gasteiger partial charge is 0.180 e. The van der Waals surface area contributed by atoms with Gasteiger partial charge in [-0.15, -0.1) is 0 Å². The molecule has 1 heterocycles. The number of aromatic nitrogens is 1. The summed E-state index contributed by atoms with van der Waals surface area (Å²) in [5.74, 6) is 0.822. The Labute approximate surface area is 52.9 Å². The Morgan fingerprint density at radius 3 is 2.89 bits per heavy atom. The molecule has 1 aliphatic carbocycles. The van der Waals surface area contributed by atoms with Crippen LogP contribution in [0, 0.1) is 0 Å². The van der Waals surface area contributed by atoms with Crippen molar-refractivity contribution in [2.45, 2.75) is 18.4 Å². The Balaban J connectivity index is 2.34. The molecule has 1 saturated carbocycles. The van der Waals surface area contributed by atoms with E-state index in [4.69, 9.17) is 10.2 Å². The Hall–Kier alpha value is -0.830. The first-order valence-electron chi connectivity index (χ1n) is 2.99. The van der Waals surface area contributed by atoms with Crippen LogP contribution in [0.3, 0.4) is 0 Å². The van der Waals surface area contributed by atoms with Crippen LogP contribution < -0.4 is 5.73 Å². The number of nitrogens with zero attached hydrogens (tertiary/aromatic N) is 1. The number of nitrogens with two attached hydrogens (primary N) is 1. The molecule has 1 fully saturated rings. The van der Waals surface area contributed by atoms with Gasteiger partial charge in [0.15, 0.2) is 6.39 Å². The first kappa shape index (κ1) is 4.99. The molecule has 0 saturated heterocycles. The zero-order valence-corrected chi connectivity index (χ0v) is 5.00. The van der Waals surface area contributed by atoms with Gasteiger partial charge in [-0.05, 0) is 12.8 Å². The van der Waals surface area contributed by atoms with Crippen molar-refractivity contribution in [3.63, 3.8) is 0 Å². The molecule has 0 bridgehead atoms. The normalized spacial score (nSPS) is 21.9. The Kier molecular flexibility index (Phi) is 0.754. The van der Waals surface area contributed by atoms with Gasteiger partial charge in [0.05, 0.1) is 11.7 Å². The summed E-state index contributed by atoms with van der Waals surface area (Å²) in [5.41, 5.74) is 5.62. The summed E-state index contributed by atoms with van der Waals surface area (Å²) >= 11 is 0. The van der Waals surface area contributed by atoms with Crippen LogP contribution >= 0.6 is 0 Å². The zero-order valence-electron chi connectivity index (χ0n) is 5.00. The van der Waals surface area contributed by atoms with E-state index in [0.29, 0.717) is 0 Å². The van der Waals surface area contributed by atoms with Crippen molar-refractivity contribution < 1.29 is 4.42 Å². The second-order valence-electron chi connectivity index (χ2n) is 2.52. The minimum absolute atomic E-state index is 0.156. The molecule has 2 N–H and O–H groups in total. The van der Waals surface area contributed by atoms with Gasteiger partial charge >= 0.3 is 0 Å². The molecule has 2 rings (SSSR count). The first-order valence-corrected chi connectivity index (χ1v) is 2.99. The molecule has 0 aliphatic heterocycles. The summed E-state index contributed by atoms with van der Waals surface area (Å²) in [6, 6.07) is 0. The van der Waals surface area contributed by atoms with Crippen molar-refractivity contribution >= 4 is 0 Å². The van der Waals surface area contributed by atoms with Crippen LogP contribution in [0.25, 0.3) is 0 Å². The van der Waals surface area contributed by atoms with Crippen molar-refractivity contribution in [3.05, 3.63) is 18.4 Å². The summed E-state index contributed by atoms with van der Waals surface area (Å²) in [7, 11) is 0. The maximum Gasteiger partial charge on any atom is 0.180 e. The van der Waals surface area contributed by atoms with E-state index in [0.717, 1.165) is 18.6 Å². The minimum Gasteiger partial charge on any atom is -0.447 e. The highest BCUT2D eigenvalue weighted by atomic mass is 16.3. The molecule has 3 heteroatoms. The molecular formula is C6H8N2O. The molecule has 0 atom stereocenters. The molecule has 1 aliphatic rings. The standard InChI is InChI=1S/C6H8N2O/c7-6(1-2-6)5-3-8-4-9-5/h3-4H,1-2,7H2. The fourth-order valence-electron chi connectivity index (χ4n) is 0.843. The number of rotatable bonds is 1. The van der Waals surface area contributed by atoms with E-state index in [9.17, 15) is 0 Å². The van der Waals surface area contributed by atoms with Gasteiger partial charge in [0.25, 0.3) is 0 Å². The fraction of sp³-hybridized carbons (Fsp3) is 0.500. The maximum absolute atomic E-state index is 5.78. The highest BCUT2D eigenvalue weighted by Crippen LogP contribution is 2.42. The van der Waals surface area contributed by atoms with E-state index in [2.05, 4.69) is 4.98 Å². The molecule has 0 spiro atoms. The van der Waals surface area contributed by atoms with Gasteiger partial charge in [-0.25, -0.2) is 4.98 Å².